The number of hydrogen-bond acceptors (Lipinski definition) is 10. The molecule has 1 unspecified atom stereocenters. The first-order valence-corrected chi connectivity index (χ1v) is 13.0. The molecule has 0 aliphatic carbocycles. The lowest BCUT2D eigenvalue weighted by molar-refractivity contribution is 0.0853. The number of likely N-dealkylation sites (N-methyl/N-ethyl adjacent to an activating group) is 1. The van der Waals surface area contributed by atoms with Crippen molar-refractivity contribution in [1.29, 1.82) is 0 Å². The van der Waals surface area contributed by atoms with Gasteiger partial charge in [0.15, 0.2) is 5.82 Å². The number of fused-ring (bicyclic) bond motifs is 1. The van der Waals surface area contributed by atoms with Gasteiger partial charge in [-0.1, -0.05) is 12.1 Å². The molecule has 0 spiro atoms. The van der Waals surface area contributed by atoms with Crippen LogP contribution in [0.2, 0.25) is 0 Å². The summed E-state index contributed by atoms with van der Waals surface area (Å²) in [7, 11) is 3.87. The van der Waals surface area contributed by atoms with Crippen molar-refractivity contribution in [2.45, 2.75) is 31.0 Å². The van der Waals surface area contributed by atoms with Crippen molar-refractivity contribution in [3.63, 3.8) is 0 Å². The largest absolute Gasteiger partial charge is 0.491 e. The van der Waals surface area contributed by atoms with Gasteiger partial charge in [-0.15, -0.1) is 0 Å². The fourth-order valence-corrected chi connectivity index (χ4v) is 5.06. The summed E-state index contributed by atoms with van der Waals surface area (Å²) in [6, 6.07) is 10.1. The summed E-state index contributed by atoms with van der Waals surface area (Å²) in [5, 5.41) is 13.0. The molecule has 1 aromatic carbocycles. The van der Waals surface area contributed by atoms with E-state index in [9.17, 15) is 9.90 Å². The van der Waals surface area contributed by atoms with Crippen molar-refractivity contribution in [2.75, 3.05) is 76.5 Å². The van der Waals surface area contributed by atoms with Crippen LogP contribution in [-0.2, 0) is 9.47 Å². The minimum atomic E-state index is -0.599. The third kappa shape index (κ3) is 5.89. The summed E-state index contributed by atoms with van der Waals surface area (Å²) in [6.45, 7) is 4.48. The predicted molar refractivity (Wildman–Crippen MR) is 139 cm³/mol. The maximum Gasteiger partial charge on any atom is 0.410 e. The van der Waals surface area contributed by atoms with Crippen molar-refractivity contribution >= 4 is 17.7 Å². The number of nitrogens with zero attached hydrogens (tertiary/aromatic N) is 5. The molecule has 2 N–H and O–H groups in total. The van der Waals surface area contributed by atoms with E-state index in [1.807, 2.05) is 30.3 Å². The van der Waals surface area contributed by atoms with E-state index < -0.39 is 6.10 Å². The molecule has 3 saturated heterocycles. The lowest BCUT2D eigenvalue weighted by atomic mass is 10.1. The van der Waals surface area contributed by atoms with Crippen molar-refractivity contribution in [3.05, 3.63) is 30.3 Å². The fraction of sp³-hybridized carbons (Fsp3) is 0.577. The van der Waals surface area contributed by atoms with Gasteiger partial charge in [-0.2, -0.15) is 0 Å². The number of ether oxygens (including phenoxy) is 3. The molecule has 0 bridgehead atoms. The Morgan fingerprint density at radius 2 is 2.08 bits per heavy atom. The number of carbonyl (C=O) groups excluding carboxylic acids is 1. The number of cyclic esters (lactones) is 1. The zero-order valence-electron chi connectivity index (χ0n) is 21.5. The van der Waals surface area contributed by atoms with Crippen LogP contribution in [-0.4, -0.2) is 111 Å². The van der Waals surface area contributed by atoms with Crippen LogP contribution < -0.4 is 19.9 Å². The molecule has 37 heavy (non-hydrogen) atoms. The predicted octanol–water partition coefficient (Wildman–Crippen LogP) is 1.36. The molecule has 2 aromatic rings. The highest BCUT2D eigenvalue weighted by atomic mass is 16.6. The molecule has 0 saturated carbocycles. The number of hydrogen-bond donors (Lipinski definition) is 2. The van der Waals surface area contributed by atoms with Crippen LogP contribution in [0, 0.1) is 0 Å². The number of nitrogens with one attached hydrogen (secondary N) is 1. The number of aliphatic hydroxyl groups excluding tert-OH is 1. The van der Waals surface area contributed by atoms with Crippen LogP contribution in [0.15, 0.2) is 30.3 Å². The molecule has 3 fully saturated rings. The van der Waals surface area contributed by atoms with E-state index in [-0.39, 0.29) is 18.7 Å². The average molecular weight is 513 g/mol. The van der Waals surface area contributed by atoms with Crippen molar-refractivity contribution in [3.8, 4) is 17.1 Å². The average Bonchev–Trinajstić information content (AvgIpc) is 3.32. The van der Waals surface area contributed by atoms with Gasteiger partial charge >= 0.3 is 6.09 Å². The number of benzene rings is 1. The van der Waals surface area contributed by atoms with Crippen molar-refractivity contribution in [1.82, 2.24) is 20.2 Å². The van der Waals surface area contributed by atoms with Crippen LogP contribution in [0.1, 0.15) is 12.8 Å². The highest BCUT2D eigenvalue weighted by Crippen LogP contribution is 2.30. The number of carbonyl (C=O) groups is 1. The SMILES string of the molecule is CNCC(O)COc1cccc(-c2nc(N3CCN4C(=O)OC[C@@H]4C3)cc(N(C)C3CCOCC3)n2)c1. The Kier molecular flexibility index (Phi) is 7.92. The summed E-state index contributed by atoms with van der Waals surface area (Å²) in [5.74, 6) is 2.93. The highest BCUT2D eigenvalue weighted by molar-refractivity contribution is 5.71. The zero-order valence-corrected chi connectivity index (χ0v) is 21.5. The smallest absolute Gasteiger partial charge is 0.410 e. The third-order valence-corrected chi connectivity index (χ3v) is 7.21. The van der Waals surface area contributed by atoms with E-state index in [2.05, 4.69) is 22.2 Å². The summed E-state index contributed by atoms with van der Waals surface area (Å²) < 4.78 is 16.7. The van der Waals surface area contributed by atoms with E-state index in [1.165, 1.54) is 0 Å². The van der Waals surface area contributed by atoms with Gasteiger partial charge in [0.2, 0.25) is 0 Å². The number of amides is 1. The van der Waals surface area contributed by atoms with Gasteiger partial charge in [-0.25, -0.2) is 14.8 Å². The Balaban J connectivity index is 1.43. The van der Waals surface area contributed by atoms with Gasteiger partial charge in [0.1, 0.15) is 36.7 Å². The summed E-state index contributed by atoms with van der Waals surface area (Å²) in [5.41, 5.74) is 0.835. The fourth-order valence-electron chi connectivity index (χ4n) is 5.06. The lowest BCUT2D eigenvalue weighted by Crippen LogP contribution is -2.52. The van der Waals surface area contributed by atoms with Crippen LogP contribution in [0.25, 0.3) is 11.4 Å². The molecular formula is C26H36N6O5. The molecule has 1 amide bonds. The lowest BCUT2D eigenvalue weighted by Gasteiger charge is -2.37. The van der Waals surface area contributed by atoms with Crippen LogP contribution in [0.5, 0.6) is 5.75 Å². The Labute approximate surface area is 217 Å². The zero-order chi connectivity index (χ0) is 25.8. The van der Waals surface area contributed by atoms with Gasteiger partial charge in [0.25, 0.3) is 0 Å². The molecule has 1 aromatic heterocycles. The molecule has 2 atom stereocenters. The first-order chi connectivity index (χ1) is 18.0. The molecule has 5 rings (SSSR count). The number of rotatable bonds is 9. The molecule has 0 radical (unpaired) electrons. The van der Waals surface area contributed by atoms with Gasteiger partial charge in [-0.3, -0.25) is 4.90 Å². The first kappa shape index (κ1) is 25.5. The quantitative estimate of drug-likeness (QED) is 0.511. The molecular weight excluding hydrogens is 476 g/mol. The van der Waals surface area contributed by atoms with Gasteiger partial charge in [0.05, 0.1) is 6.04 Å². The maximum absolute atomic E-state index is 12.0. The molecule has 200 valence electrons. The number of piperazine rings is 1. The number of aromatic nitrogens is 2. The van der Waals surface area contributed by atoms with Crippen LogP contribution in [0.3, 0.4) is 0 Å². The molecule has 3 aliphatic heterocycles. The minimum absolute atomic E-state index is 0.0251. The molecule has 3 aliphatic rings. The molecule has 4 heterocycles. The monoisotopic (exact) mass is 512 g/mol. The third-order valence-electron chi connectivity index (χ3n) is 7.21. The highest BCUT2D eigenvalue weighted by Gasteiger charge is 2.38. The van der Waals surface area contributed by atoms with E-state index >= 15 is 0 Å². The normalized spacial score (nSPS) is 20.9. The van der Waals surface area contributed by atoms with Gasteiger partial charge in [-0.05, 0) is 32.0 Å². The van der Waals surface area contributed by atoms with Gasteiger partial charge in [0, 0.05) is 64.1 Å². The van der Waals surface area contributed by atoms with Crippen LogP contribution in [0.4, 0.5) is 16.4 Å². The minimum Gasteiger partial charge on any atom is -0.491 e. The summed E-state index contributed by atoms with van der Waals surface area (Å²) >= 11 is 0. The Morgan fingerprint density at radius 3 is 2.89 bits per heavy atom. The first-order valence-electron chi connectivity index (χ1n) is 13.0. The van der Waals surface area contributed by atoms with Crippen molar-refractivity contribution < 1.29 is 24.1 Å². The van der Waals surface area contributed by atoms with Gasteiger partial charge < -0.3 is 34.4 Å². The standard InChI is InChI=1S/C26H36N6O5/c1-27-14-21(33)17-36-22-5-3-4-18(12-22)25-28-23(30(2)19-6-10-35-11-7-19)13-24(29-25)31-8-9-32-20(15-31)16-37-26(32)34/h3-5,12-13,19-21,27,33H,6-11,14-17H2,1-2H3/t20-,21?/m0/s1. The Morgan fingerprint density at radius 1 is 1.24 bits per heavy atom. The van der Waals surface area contributed by atoms with Crippen molar-refractivity contribution in [2.24, 2.45) is 0 Å². The van der Waals surface area contributed by atoms with Crippen LogP contribution >= 0.6 is 0 Å². The maximum atomic E-state index is 12.0. The number of anilines is 2. The second kappa shape index (κ2) is 11.5. The van der Waals surface area contributed by atoms with E-state index in [0.717, 1.165) is 43.3 Å². The topological polar surface area (TPSA) is 113 Å². The Bertz CT molecular complexity index is 1080. The van der Waals surface area contributed by atoms with E-state index in [1.54, 1.807) is 11.9 Å². The summed E-state index contributed by atoms with van der Waals surface area (Å²) in [6.07, 6.45) is 1.07. The molecule has 11 nitrogen and oxygen atoms in total. The second-order valence-electron chi connectivity index (χ2n) is 9.78. The van der Waals surface area contributed by atoms with E-state index in [4.69, 9.17) is 24.2 Å². The Hall–Kier alpha value is -3.15. The van der Waals surface area contributed by atoms with E-state index in [0.29, 0.717) is 50.4 Å². The second-order valence-corrected chi connectivity index (χ2v) is 9.78. The summed E-state index contributed by atoms with van der Waals surface area (Å²) in [4.78, 5) is 28.1. The number of aliphatic hydroxyl groups is 1. The molecule has 11 heteroatoms.